The summed E-state index contributed by atoms with van der Waals surface area (Å²) < 4.78 is 0. The van der Waals surface area contributed by atoms with Gasteiger partial charge in [0, 0.05) is 27.7 Å². The van der Waals surface area contributed by atoms with Crippen LogP contribution in [0.5, 0.6) is 0 Å². The molecule has 1 aromatic heterocycles. The summed E-state index contributed by atoms with van der Waals surface area (Å²) in [5.74, 6) is 1.00. The largest absolute Gasteiger partial charge is 0.354 e. The van der Waals surface area contributed by atoms with E-state index in [9.17, 15) is 0 Å². The summed E-state index contributed by atoms with van der Waals surface area (Å²) in [6.45, 7) is 24.7. The lowest BCUT2D eigenvalue weighted by molar-refractivity contribution is -0.0127. The van der Waals surface area contributed by atoms with Gasteiger partial charge >= 0.3 is 0 Å². The average molecular weight is 433 g/mol. The molecule has 1 aliphatic heterocycles. The van der Waals surface area contributed by atoms with Crippen molar-refractivity contribution in [3.05, 3.63) is 64.9 Å². The lowest BCUT2D eigenvalue weighted by atomic mass is 9.71. The molecule has 0 radical (unpaired) electrons. The first kappa shape index (κ1) is 24.6. The maximum absolute atomic E-state index is 4.14. The smallest absolute Gasteiger partial charge is 0.0500 e. The zero-order chi connectivity index (χ0) is 24.0. The van der Waals surface area contributed by atoms with Crippen LogP contribution in [0.4, 0.5) is 0 Å². The Morgan fingerprint density at radius 3 is 2.16 bits per heavy atom. The SMILES string of the molecule is C=C(C)/C=C(\C=C(C)C)c1[nH]c2ccc(C3CC(C)(C)N(C)C(C)(C)C3)cc2c1C(C)C. The molecule has 32 heavy (non-hydrogen) atoms. The molecule has 0 unspecified atom stereocenters. The van der Waals surface area contributed by atoms with Gasteiger partial charge in [-0.2, -0.15) is 0 Å². The van der Waals surface area contributed by atoms with Crippen LogP contribution in [0, 0.1) is 0 Å². The van der Waals surface area contributed by atoms with Gasteiger partial charge in [0.1, 0.15) is 0 Å². The molecule has 0 amide bonds. The number of fused-ring (bicyclic) bond motifs is 1. The third-order valence-electron chi connectivity index (χ3n) is 7.35. The molecule has 0 atom stereocenters. The second-order valence-corrected chi connectivity index (χ2v) is 11.8. The molecule has 1 fully saturated rings. The number of aromatic nitrogens is 1. The van der Waals surface area contributed by atoms with Crippen LogP contribution in [-0.4, -0.2) is 28.0 Å². The molecular weight excluding hydrogens is 388 g/mol. The summed E-state index contributed by atoms with van der Waals surface area (Å²) in [4.78, 5) is 6.33. The van der Waals surface area contributed by atoms with Crippen LogP contribution in [0.3, 0.4) is 0 Å². The summed E-state index contributed by atoms with van der Waals surface area (Å²) in [7, 11) is 2.29. The molecule has 0 bridgehead atoms. The van der Waals surface area contributed by atoms with Crippen molar-refractivity contribution in [1.82, 2.24) is 9.88 Å². The van der Waals surface area contributed by atoms with E-state index in [0.717, 1.165) is 5.57 Å². The van der Waals surface area contributed by atoms with E-state index in [-0.39, 0.29) is 11.1 Å². The minimum atomic E-state index is 0.187. The maximum atomic E-state index is 4.14. The Kier molecular flexibility index (Phi) is 6.69. The van der Waals surface area contributed by atoms with Crippen LogP contribution >= 0.6 is 0 Å². The zero-order valence-corrected chi connectivity index (χ0v) is 22.1. The minimum absolute atomic E-state index is 0.187. The van der Waals surface area contributed by atoms with E-state index in [1.165, 1.54) is 51.7 Å². The molecule has 174 valence electrons. The number of rotatable bonds is 5. The van der Waals surface area contributed by atoms with Gasteiger partial charge in [-0.25, -0.2) is 0 Å². The molecule has 2 aromatic rings. The van der Waals surface area contributed by atoms with Crippen molar-refractivity contribution in [3.8, 4) is 0 Å². The van der Waals surface area contributed by atoms with Crippen molar-refractivity contribution in [3.63, 3.8) is 0 Å². The molecular formula is C30H44N2. The maximum Gasteiger partial charge on any atom is 0.0500 e. The van der Waals surface area contributed by atoms with Gasteiger partial charge in [0.25, 0.3) is 0 Å². The molecule has 1 N–H and O–H groups in total. The number of H-pyrrole nitrogens is 1. The molecule has 1 saturated heterocycles. The highest BCUT2D eigenvalue weighted by molar-refractivity contribution is 5.92. The summed E-state index contributed by atoms with van der Waals surface area (Å²) in [6, 6.07) is 7.14. The van der Waals surface area contributed by atoms with Crippen molar-refractivity contribution < 1.29 is 0 Å². The monoisotopic (exact) mass is 432 g/mol. The predicted molar refractivity (Wildman–Crippen MR) is 143 cm³/mol. The Hall–Kier alpha value is -2.06. The van der Waals surface area contributed by atoms with E-state index in [4.69, 9.17) is 0 Å². The van der Waals surface area contributed by atoms with Crippen molar-refractivity contribution in [1.29, 1.82) is 0 Å². The Morgan fingerprint density at radius 1 is 1.06 bits per heavy atom. The molecule has 2 heterocycles. The number of likely N-dealkylation sites (tertiary alicyclic amines) is 1. The van der Waals surface area contributed by atoms with Gasteiger partial charge in [-0.15, -0.1) is 0 Å². The van der Waals surface area contributed by atoms with Gasteiger partial charge in [-0.1, -0.05) is 49.8 Å². The Labute approximate surface area is 196 Å². The summed E-state index contributed by atoms with van der Waals surface area (Å²) in [5.41, 5.74) is 9.32. The van der Waals surface area contributed by atoms with Crippen LogP contribution in [0.1, 0.15) is 104 Å². The molecule has 2 nitrogen and oxygen atoms in total. The zero-order valence-electron chi connectivity index (χ0n) is 22.1. The van der Waals surface area contributed by atoms with E-state index in [0.29, 0.717) is 11.8 Å². The van der Waals surface area contributed by atoms with Crippen LogP contribution in [0.2, 0.25) is 0 Å². The van der Waals surface area contributed by atoms with Gasteiger partial charge in [-0.05, 0) is 109 Å². The van der Waals surface area contributed by atoms with E-state index >= 15 is 0 Å². The number of nitrogens with one attached hydrogen (secondary N) is 1. The van der Waals surface area contributed by atoms with Crippen molar-refractivity contribution in [2.75, 3.05) is 7.05 Å². The number of aromatic amines is 1. The number of allylic oxidation sites excluding steroid dienone is 5. The second kappa shape index (κ2) is 8.71. The number of nitrogens with zero attached hydrogens (tertiary/aromatic N) is 1. The standard InChI is InChI=1S/C30H44N2/c1-19(2)14-23(15-20(3)4)28-27(21(5)6)25-16-22(12-13-26(25)31-28)24-17-29(7,8)32(11)30(9,10)18-24/h12-16,21,24,31H,1,17-18H2,2-11H3/b23-14+. The second-order valence-electron chi connectivity index (χ2n) is 11.8. The fourth-order valence-electron chi connectivity index (χ4n) is 5.68. The van der Waals surface area contributed by atoms with Crippen LogP contribution < -0.4 is 0 Å². The lowest BCUT2D eigenvalue weighted by Gasteiger charge is -2.54. The van der Waals surface area contributed by atoms with E-state index in [1.54, 1.807) is 0 Å². The number of hydrogen-bond acceptors (Lipinski definition) is 1. The van der Waals surface area contributed by atoms with Crippen LogP contribution in [0.15, 0.2) is 48.1 Å². The highest BCUT2D eigenvalue weighted by Gasteiger charge is 2.43. The van der Waals surface area contributed by atoms with Gasteiger partial charge in [0.2, 0.25) is 0 Å². The molecule has 2 heteroatoms. The average Bonchev–Trinajstić information content (AvgIpc) is 3.03. The molecule has 1 aliphatic rings. The highest BCUT2D eigenvalue weighted by atomic mass is 15.2. The van der Waals surface area contributed by atoms with Gasteiger partial charge in [0.05, 0.1) is 0 Å². The summed E-state index contributed by atoms with van der Waals surface area (Å²) in [6.07, 6.45) is 6.84. The first-order valence-corrected chi connectivity index (χ1v) is 12.1. The third-order valence-corrected chi connectivity index (χ3v) is 7.35. The fourth-order valence-corrected chi connectivity index (χ4v) is 5.68. The molecule has 0 aliphatic carbocycles. The van der Waals surface area contributed by atoms with Crippen molar-refractivity contribution >= 4 is 16.5 Å². The first-order chi connectivity index (χ1) is 14.7. The van der Waals surface area contributed by atoms with Gasteiger partial charge < -0.3 is 4.98 Å². The number of hydrogen-bond donors (Lipinski definition) is 1. The van der Waals surface area contributed by atoms with E-state index in [1.807, 2.05) is 0 Å². The van der Waals surface area contributed by atoms with E-state index < -0.39 is 0 Å². The predicted octanol–water partition coefficient (Wildman–Crippen LogP) is 8.58. The highest BCUT2D eigenvalue weighted by Crippen LogP contribution is 2.45. The number of benzene rings is 1. The topological polar surface area (TPSA) is 19.0 Å². The first-order valence-electron chi connectivity index (χ1n) is 12.1. The van der Waals surface area contributed by atoms with Crippen LogP contribution in [0.25, 0.3) is 16.5 Å². The lowest BCUT2D eigenvalue weighted by Crippen LogP contribution is -2.58. The van der Waals surface area contributed by atoms with Gasteiger partial charge in [0.15, 0.2) is 0 Å². The molecule has 0 spiro atoms. The third kappa shape index (κ3) is 4.81. The van der Waals surface area contributed by atoms with Crippen molar-refractivity contribution in [2.45, 2.75) is 98.1 Å². The summed E-state index contributed by atoms with van der Waals surface area (Å²) >= 11 is 0. The normalized spacial score (nSPS) is 19.5. The molecule has 1 aromatic carbocycles. The Bertz CT molecular complexity index is 1050. The Balaban J connectivity index is 2.16. The Morgan fingerprint density at radius 2 is 1.66 bits per heavy atom. The quantitative estimate of drug-likeness (QED) is 0.469. The fraction of sp³-hybridized carbons (Fsp3) is 0.533. The summed E-state index contributed by atoms with van der Waals surface area (Å²) in [5, 5.41) is 1.37. The van der Waals surface area contributed by atoms with Crippen molar-refractivity contribution in [2.24, 2.45) is 0 Å². The molecule has 3 rings (SSSR count). The number of piperidine rings is 1. The molecule has 0 saturated carbocycles. The van der Waals surface area contributed by atoms with Gasteiger partial charge in [-0.3, -0.25) is 4.90 Å². The minimum Gasteiger partial charge on any atom is -0.354 e. The van der Waals surface area contributed by atoms with Crippen LogP contribution in [-0.2, 0) is 0 Å². The van der Waals surface area contributed by atoms with E-state index in [2.05, 4.69) is 116 Å².